The number of fused-ring (bicyclic) bond motifs is 1. The van der Waals surface area contributed by atoms with Crippen LogP contribution in [-0.4, -0.2) is 30.8 Å². The number of aromatic nitrogens is 1. The zero-order valence-electron chi connectivity index (χ0n) is 18.4. The lowest BCUT2D eigenvalue weighted by atomic mass is 9.68. The van der Waals surface area contributed by atoms with Crippen molar-refractivity contribution in [2.75, 3.05) is 20.3 Å². The maximum Gasteiger partial charge on any atom is 0.141 e. The number of pyridine rings is 1. The van der Waals surface area contributed by atoms with E-state index in [0.29, 0.717) is 0 Å². The Morgan fingerprint density at radius 2 is 1.94 bits per heavy atom. The Morgan fingerprint density at radius 1 is 1.10 bits per heavy atom. The van der Waals surface area contributed by atoms with Crippen molar-refractivity contribution < 1.29 is 9.47 Å². The van der Waals surface area contributed by atoms with Gasteiger partial charge in [-0.05, 0) is 62.9 Å². The van der Waals surface area contributed by atoms with Crippen molar-refractivity contribution in [2.24, 2.45) is 0 Å². The van der Waals surface area contributed by atoms with Gasteiger partial charge in [0.25, 0.3) is 0 Å². The van der Waals surface area contributed by atoms with Gasteiger partial charge in [-0.3, -0.25) is 4.98 Å². The predicted molar refractivity (Wildman–Crippen MR) is 127 cm³/mol. The Kier molecular flexibility index (Phi) is 6.00. The first kappa shape index (κ1) is 20.9. The van der Waals surface area contributed by atoms with Gasteiger partial charge in [0.2, 0.25) is 0 Å². The molecule has 3 heterocycles. The molecule has 4 nitrogen and oxygen atoms in total. The van der Waals surface area contributed by atoms with Crippen LogP contribution in [0.5, 0.6) is 5.75 Å². The molecule has 1 unspecified atom stereocenters. The van der Waals surface area contributed by atoms with Crippen LogP contribution in [0.25, 0.3) is 10.1 Å². The van der Waals surface area contributed by atoms with E-state index in [-0.39, 0.29) is 11.0 Å². The van der Waals surface area contributed by atoms with Crippen LogP contribution in [0.4, 0.5) is 0 Å². The summed E-state index contributed by atoms with van der Waals surface area (Å²) in [5, 5.41) is 4.93. The van der Waals surface area contributed by atoms with Crippen LogP contribution in [0, 0.1) is 0 Å². The number of ether oxygens (including phenoxy) is 2. The molecule has 1 atom stereocenters. The summed E-state index contributed by atoms with van der Waals surface area (Å²) in [4.78, 5) is 6.09. The Hall–Kier alpha value is -1.95. The molecule has 2 aromatic heterocycles. The number of methoxy groups -OCH3 is 1. The zero-order chi connectivity index (χ0) is 21.2. The normalized spacial score (nSPS) is 22.9. The second kappa shape index (κ2) is 8.89. The average Bonchev–Trinajstić information content (AvgIpc) is 3.41. The van der Waals surface area contributed by atoms with E-state index in [1.54, 1.807) is 7.11 Å². The minimum absolute atomic E-state index is 0.0739. The summed E-state index contributed by atoms with van der Waals surface area (Å²) in [5.41, 5.74) is 1.41. The second-order valence-electron chi connectivity index (χ2n) is 9.14. The Morgan fingerprint density at radius 3 is 2.74 bits per heavy atom. The van der Waals surface area contributed by atoms with Gasteiger partial charge in [0.15, 0.2) is 0 Å². The molecule has 1 saturated heterocycles. The molecule has 3 aromatic rings. The molecular weight excluding hydrogens is 404 g/mol. The molecule has 5 rings (SSSR count). The first-order valence-corrected chi connectivity index (χ1v) is 12.4. The first-order chi connectivity index (χ1) is 15.2. The van der Waals surface area contributed by atoms with Crippen LogP contribution < -0.4 is 10.1 Å². The van der Waals surface area contributed by atoms with Crippen molar-refractivity contribution in [1.82, 2.24) is 10.3 Å². The van der Waals surface area contributed by atoms with Gasteiger partial charge in [0, 0.05) is 40.5 Å². The number of hydrogen-bond acceptors (Lipinski definition) is 5. The lowest BCUT2D eigenvalue weighted by molar-refractivity contribution is -0.104. The number of hydrogen-bond donors (Lipinski definition) is 1. The van der Waals surface area contributed by atoms with Crippen LogP contribution in [0.2, 0.25) is 0 Å². The lowest BCUT2D eigenvalue weighted by Crippen LogP contribution is -2.47. The number of nitrogens with zero attached hydrogens (tertiary/aromatic N) is 1. The number of rotatable bonds is 7. The molecule has 1 saturated carbocycles. The third-order valence-electron chi connectivity index (χ3n) is 7.26. The molecule has 2 fully saturated rings. The first-order valence-electron chi connectivity index (χ1n) is 11.5. The summed E-state index contributed by atoms with van der Waals surface area (Å²) in [6.07, 6.45) is 10.2. The van der Waals surface area contributed by atoms with Gasteiger partial charge in [-0.1, -0.05) is 31.0 Å². The topological polar surface area (TPSA) is 43.4 Å². The van der Waals surface area contributed by atoms with E-state index < -0.39 is 0 Å². The monoisotopic (exact) mass is 436 g/mol. The highest BCUT2D eigenvalue weighted by Gasteiger charge is 2.48. The quantitative estimate of drug-likeness (QED) is 0.472. The van der Waals surface area contributed by atoms with Gasteiger partial charge < -0.3 is 14.8 Å². The van der Waals surface area contributed by atoms with Crippen molar-refractivity contribution in [3.63, 3.8) is 0 Å². The van der Waals surface area contributed by atoms with E-state index in [4.69, 9.17) is 14.5 Å². The highest BCUT2D eigenvalue weighted by atomic mass is 32.1. The largest absolute Gasteiger partial charge is 0.495 e. The molecule has 1 aliphatic heterocycles. The molecule has 2 aliphatic rings. The second-order valence-corrected chi connectivity index (χ2v) is 10.3. The van der Waals surface area contributed by atoms with E-state index in [2.05, 4.69) is 41.7 Å². The van der Waals surface area contributed by atoms with Crippen LogP contribution in [-0.2, 0) is 16.7 Å². The Bertz CT molecular complexity index is 1010. The van der Waals surface area contributed by atoms with Gasteiger partial charge in [-0.2, -0.15) is 0 Å². The molecule has 31 heavy (non-hydrogen) atoms. The maximum absolute atomic E-state index is 6.38. The van der Waals surface area contributed by atoms with Crippen molar-refractivity contribution in [2.45, 2.75) is 62.5 Å². The van der Waals surface area contributed by atoms with Crippen molar-refractivity contribution in [3.05, 3.63) is 59.2 Å². The smallest absolute Gasteiger partial charge is 0.141 e. The number of nitrogens with one attached hydrogen (secondary N) is 1. The summed E-state index contributed by atoms with van der Waals surface area (Å²) < 4.78 is 13.4. The van der Waals surface area contributed by atoms with Gasteiger partial charge in [0.1, 0.15) is 5.75 Å². The third kappa shape index (κ3) is 4.11. The van der Waals surface area contributed by atoms with Crippen LogP contribution in [0.3, 0.4) is 0 Å². The summed E-state index contributed by atoms with van der Waals surface area (Å²) in [7, 11) is 1.77. The lowest BCUT2D eigenvalue weighted by Gasteiger charge is -2.46. The fourth-order valence-electron chi connectivity index (χ4n) is 5.74. The van der Waals surface area contributed by atoms with Crippen LogP contribution >= 0.6 is 11.3 Å². The van der Waals surface area contributed by atoms with Gasteiger partial charge in [0.05, 0.1) is 17.6 Å². The molecule has 0 bridgehead atoms. The van der Waals surface area contributed by atoms with Crippen molar-refractivity contribution in [3.8, 4) is 5.75 Å². The molecule has 164 valence electrons. The van der Waals surface area contributed by atoms with Gasteiger partial charge in [-0.15, -0.1) is 11.3 Å². The Labute approximate surface area is 189 Å². The molecule has 1 spiro atoms. The molecule has 0 amide bonds. The number of benzene rings is 1. The van der Waals surface area contributed by atoms with E-state index in [1.807, 2.05) is 23.6 Å². The summed E-state index contributed by atoms with van der Waals surface area (Å²) in [5.74, 6) is 1.02. The highest BCUT2D eigenvalue weighted by molar-refractivity contribution is 7.19. The van der Waals surface area contributed by atoms with E-state index in [9.17, 15) is 0 Å². The average molecular weight is 437 g/mol. The predicted octanol–water partition coefficient (Wildman–Crippen LogP) is 5.85. The van der Waals surface area contributed by atoms with Crippen molar-refractivity contribution in [1.29, 1.82) is 0 Å². The zero-order valence-corrected chi connectivity index (χ0v) is 19.2. The molecule has 1 N–H and O–H groups in total. The minimum Gasteiger partial charge on any atom is -0.495 e. The molecule has 1 aliphatic carbocycles. The van der Waals surface area contributed by atoms with Gasteiger partial charge in [-0.25, -0.2) is 0 Å². The van der Waals surface area contributed by atoms with E-state index >= 15 is 0 Å². The summed E-state index contributed by atoms with van der Waals surface area (Å²) >= 11 is 1.83. The summed E-state index contributed by atoms with van der Waals surface area (Å²) in [6.45, 7) is 2.65. The molecule has 0 radical (unpaired) electrons. The van der Waals surface area contributed by atoms with E-state index in [1.165, 1.54) is 46.3 Å². The molecule has 1 aromatic carbocycles. The standard InChI is InChI=1S/C26H32N2O2S/c1-29-24-20-8-2-3-9-21(20)31-22(24)18-27-16-13-25(23-10-4-7-15-28-23)14-17-30-26(19-25)11-5-6-12-26/h2-4,7-10,15,27H,5-6,11-14,16-19H2,1H3. The van der Waals surface area contributed by atoms with E-state index in [0.717, 1.165) is 44.7 Å². The van der Waals surface area contributed by atoms with Gasteiger partial charge >= 0.3 is 0 Å². The molecular formula is C26H32N2O2S. The maximum atomic E-state index is 6.38. The summed E-state index contributed by atoms with van der Waals surface area (Å²) in [6, 6.07) is 14.9. The highest BCUT2D eigenvalue weighted by Crippen LogP contribution is 2.49. The fourth-order valence-corrected chi connectivity index (χ4v) is 6.88. The SMILES string of the molecule is COc1c(CNCCC2(c3ccccn3)CCOC3(CCCC3)C2)sc2ccccc12. The van der Waals surface area contributed by atoms with Crippen LogP contribution in [0.1, 0.15) is 55.5 Å². The van der Waals surface area contributed by atoms with Crippen molar-refractivity contribution >= 4 is 21.4 Å². The van der Waals surface area contributed by atoms with Crippen LogP contribution in [0.15, 0.2) is 48.7 Å². The minimum atomic E-state index is 0.0739. The number of thiophene rings is 1. The third-order valence-corrected chi connectivity index (χ3v) is 8.41. The Balaban J connectivity index is 1.31. The molecule has 5 heteroatoms. The fraction of sp³-hybridized carbons (Fsp3) is 0.500.